The van der Waals surface area contributed by atoms with E-state index in [1.165, 1.54) is 43.7 Å². The van der Waals surface area contributed by atoms with Crippen LogP contribution in [0, 0.1) is 0 Å². The molecule has 7 heterocycles. The molecule has 5 aliphatic rings. The first kappa shape index (κ1) is 58.4. The molecule has 85 heavy (non-hydrogen) atoms. The number of carbonyl (C=O) groups excluding carboxylic acids is 5. The highest BCUT2D eigenvalue weighted by molar-refractivity contribution is 9.10. The Morgan fingerprint density at radius 3 is 1.69 bits per heavy atom. The van der Waals surface area contributed by atoms with E-state index in [0.29, 0.717) is 58.8 Å². The van der Waals surface area contributed by atoms with Crippen molar-refractivity contribution in [2.24, 2.45) is 0 Å². The number of benzene rings is 4. The van der Waals surface area contributed by atoms with Crippen LogP contribution >= 0.6 is 15.9 Å². The van der Waals surface area contributed by atoms with Crippen LogP contribution in [0.2, 0.25) is 0 Å². The van der Waals surface area contributed by atoms with Gasteiger partial charge < -0.3 is 59.0 Å². The van der Waals surface area contributed by atoms with Gasteiger partial charge in [0, 0.05) is 104 Å². The maximum atomic E-state index is 13.6. The normalized spacial score (nSPS) is 16.6. The van der Waals surface area contributed by atoms with Gasteiger partial charge >= 0.3 is 25.1 Å². The van der Waals surface area contributed by atoms with E-state index in [1.54, 1.807) is 48.6 Å². The van der Waals surface area contributed by atoms with Crippen LogP contribution < -0.4 is 36.5 Å². The van der Waals surface area contributed by atoms with Crippen LogP contribution in [0.1, 0.15) is 126 Å². The predicted octanol–water partition coefficient (Wildman–Crippen LogP) is 10.3. The van der Waals surface area contributed by atoms with Gasteiger partial charge in [-0.1, -0.05) is 48.5 Å². The maximum absolute atomic E-state index is 13.6. The Bertz CT molecular complexity index is 3910. The lowest BCUT2D eigenvalue weighted by atomic mass is 9.75. The summed E-state index contributed by atoms with van der Waals surface area (Å²) in [6, 6.07) is 27.0. The molecule has 13 rings (SSSR count). The van der Waals surface area contributed by atoms with Gasteiger partial charge in [-0.05, 0) is 164 Å². The van der Waals surface area contributed by atoms with E-state index in [9.17, 15) is 29.1 Å². The van der Waals surface area contributed by atoms with E-state index >= 15 is 0 Å². The number of ether oxygens (including phenoxy) is 1. The molecular formula is C64H68BBrN10O9. The zero-order chi connectivity index (χ0) is 59.9. The molecule has 3 aliphatic heterocycles. The fraction of sp³-hybridized carbons (Fsp3) is 0.328. The third-order valence-corrected chi connectivity index (χ3v) is 17.2. The fourth-order valence-corrected chi connectivity index (χ4v) is 11.6. The standard InChI is InChI=1S/C28H27N5O3.C27H32BNO5.C9H9BrN4O/c1-29-28(36)31-24-14-20(15-32-12-10-30-26(24)32)21-3-2-4-25(23(21)16-34)33-11-9-19-13-18(17-5-6-17)7-8-22(19)27(33)35;1-17(30)32-16-22-23(28-33-26(2,3)27(4,5)34-28)7-6-8-24(22)29-14-13-20-15-19(18-9-10-18)11-12-21(20)25(29)31;1-11-9(15)13-7-4-6(10)5-14-3-2-12-8(7)14/h2-4,7-8,10,12-15,17,34H,5-6,9,11,16H2,1H3,(H2,29,31,36);6-8,11-12,15,18H,9-10,13-14,16H2,1-5H3;2-5H,1H3,(H2,11,13,15). The zero-order valence-corrected chi connectivity index (χ0v) is 50.2. The number of imidazole rings is 2. The summed E-state index contributed by atoms with van der Waals surface area (Å²) in [5.41, 5.74) is 13.1. The lowest BCUT2D eigenvalue weighted by Crippen LogP contribution is -2.42. The number of rotatable bonds is 11. The van der Waals surface area contributed by atoms with E-state index in [0.717, 1.165) is 67.4 Å². The van der Waals surface area contributed by atoms with Crippen molar-refractivity contribution in [1.29, 1.82) is 0 Å². The molecule has 0 spiro atoms. The van der Waals surface area contributed by atoms with E-state index in [-0.39, 0.29) is 43.1 Å². The predicted molar refractivity (Wildman–Crippen MR) is 331 cm³/mol. The minimum Gasteiger partial charge on any atom is -0.461 e. The Morgan fingerprint density at radius 2 is 1.19 bits per heavy atom. The third kappa shape index (κ3) is 12.2. The molecule has 0 atom stereocenters. The van der Waals surface area contributed by atoms with Gasteiger partial charge in [-0.2, -0.15) is 0 Å². The molecule has 19 nitrogen and oxygen atoms in total. The monoisotopic (exact) mass is 1210 g/mol. The van der Waals surface area contributed by atoms with Crippen LogP contribution in [0.3, 0.4) is 0 Å². The van der Waals surface area contributed by atoms with Crippen molar-refractivity contribution in [2.75, 3.05) is 47.6 Å². The Kier molecular flexibility index (Phi) is 16.5. The lowest BCUT2D eigenvalue weighted by Gasteiger charge is -2.32. The SMILES string of the molecule is CC(=O)OCc1c(B2OC(C)(C)C(C)(C)O2)cccc1N1CCc2cc(C3CC3)ccc2C1=O.CNC(=O)Nc1cc(-c2cccc(N3CCc4cc(C5CC5)ccc4C3=O)c2CO)cn2ccnc12.CNC(=O)Nc1cc(Br)cn2ccnc12. The van der Waals surface area contributed by atoms with Crippen molar-refractivity contribution < 1.29 is 43.1 Å². The van der Waals surface area contributed by atoms with Gasteiger partial charge in [0.05, 0.1) is 40.6 Å². The molecule has 3 fully saturated rings. The van der Waals surface area contributed by atoms with Crippen molar-refractivity contribution in [2.45, 2.75) is 109 Å². The molecular weight excluding hydrogens is 1140 g/mol. The first-order valence-corrected chi connectivity index (χ1v) is 29.4. The fourth-order valence-electron chi connectivity index (χ4n) is 11.2. The highest BCUT2D eigenvalue weighted by Gasteiger charge is 2.52. The maximum Gasteiger partial charge on any atom is 0.495 e. The van der Waals surface area contributed by atoms with Gasteiger partial charge in [0.2, 0.25) is 0 Å². The highest BCUT2D eigenvalue weighted by Crippen LogP contribution is 2.44. The van der Waals surface area contributed by atoms with E-state index in [2.05, 4.69) is 71.4 Å². The van der Waals surface area contributed by atoms with Gasteiger partial charge in [-0.3, -0.25) is 14.4 Å². The molecule has 2 saturated carbocycles. The topological polar surface area (TPSA) is 222 Å². The molecule has 4 aromatic heterocycles. The van der Waals surface area contributed by atoms with Gasteiger partial charge in [-0.15, -0.1) is 0 Å². The quantitative estimate of drug-likeness (QED) is 0.0605. The second kappa shape index (κ2) is 23.9. The number of halogens is 1. The molecule has 0 bridgehead atoms. The molecule has 2 aliphatic carbocycles. The number of urea groups is 2. The molecule has 1 saturated heterocycles. The summed E-state index contributed by atoms with van der Waals surface area (Å²) in [5, 5.41) is 21.0. The summed E-state index contributed by atoms with van der Waals surface area (Å²) in [4.78, 5) is 74.1. The number of carbonyl (C=O) groups is 5. The number of nitrogens with zero attached hydrogens (tertiary/aromatic N) is 6. The van der Waals surface area contributed by atoms with Crippen molar-refractivity contribution in [3.8, 4) is 11.1 Å². The lowest BCUT2D eigenvalue weighted by molar-refractivity contribution is -0.142. The number of pyridine rings is 2. The second-order valence-corrected chi connectivity index (χ2v) is 23.8. The van der Waals surface area contributed by atoms with Crippen LogP contribution in [0.4, 0.5) is 32.3 Å². The van der Waals surface area contributed by atoms with Crippen molar-refractivity contribution in [3.63, 3.8) is 0 Å². The van der Waals surface area contributed by atoms with E-state index < -0.39 is 18.3 Å². The van der Waals surface area contributed by atoms with Crippen LogP contribution in [0.15, 0.2) is 127 Å². The molecule has 6 amide bonds. The Morgan fingerprint density at radius 1 is 0.682 bits per heavy atom. The number of nitrogens with one attached hydrogen (secondary N) is 4. The smallest absolute Gasteiger partial charge is 0.461 e. The molecule has 21 heteroatoms. The Labute approximate surface area is 501 Å². The number of esters is 1. The number of fused-ring (bicyclic) bond motifs is 4. The summed E-state index contributed by atoms with van der Waals surface area (Å²) >= 11 is 3.36. The van der Waals surface area contributed by atoms with Crippen molar-refractivity contribution >= 4 is 92.4 Å². The number of aliphatic hydroxyl groups excluding tert-OH is 1. The number of amides is 6. The zero-order valence-electron chi connectivity index (χ0n) is 48.6. The molecule has 5 N–H and O–H groups in total. The van der Waals surface area contributed by atoms with Gasteiger partial charge in [0.25, 0.3) is 11.8 Å². The summed E-state index contributed by atoms with van der Waals surface area (Å²) in [5.74, 6) is 0.857. The minimum atomic E-state index is -0.621. The number of aliphatic hydroxyl groups is 1. The Hall–Kier alpha value is -8.37. The molecule has 438 valence electrons. The van der Waals surface area contributed by atoms with Crippen LogP contribution in [0.5, 0.6) is 0 Å². The van der Waals surface area contributed by atoms with Crippen molar-refractivity contribution in [1.82, 2.24) is 29.4 Å². The molecule has 0 unspecified atom stereocenters. The second-order valence-electron chi connectivity index (χ2n) is 22.9. The van der Waals surface area contributed by atoms with Gasteiger partial charge in [0.15, 0.2) is 11.3 Å². The Balaban J connectivity index is 0.000000143. The van der Waals surface area contributed by atoms with E-state index in [1.807, 2.05) is 110 Å². The van der Waals surface area contributed by atoms with Crippen LogP contribution in [0.25, 0.3) is 22.4 Å². The first-order valence-electron chi connectivity index (χ1n) is 28.6. The van der Waals surface area contributed by atoms with Gasteiger partial charge in [-0.25, -0.2) is 19.6 Å². The highest BCUT2D eigenvalue weighted by atomic mass is 79.9. The van der Waals surface area contributed by atoms with Crippen LogP contribution in [-0.4, -0.2) is 99.2 Å². The third-order valence-electron chi connectivity index (χ3n) is 16.7. The number of hydrogen-bond donors (Lipinski definition) is 5. The number of hydrogen-bond acceptors (Lipinski definition) is 11. The first-order chi connectivity index (χ1) is 40.8. The largest absolute Gasteiger partial charge is 0.495 e. The summed E-state index contributed by atoms with van der Waals surface area (Å²) in [6.07, 6.45) is 17.2. The minimum absolute atomic E-state index is 0.0289. The average molecular weight is 1210 g/mol. The summed E-state index contributed by atoms with van der Waals surface area (Å²) in [6.45, 7) is 10.3. The molecule has 8 aromatic rings. The summed E-state index contributed by atoms with van der Waals surface area (Å²) in [7, 11) is 2.50. The average Bonchev–Trinajstić information content (AvgIpc) is 4.40. The number of anilines is 4. The van der Waals surface area contributed by atoms with Crippen LogP contribution in [-0.2, 0) is 44.9 Å². The summed E-state index contributed by atoms with van der Waals surface area (Å²) < 4.78 is 22.6. The molecule has 0 radical (unpaired) electrons. The van der Waals surface area contributed by atoms with Crippen molar-refractivity contribution in [3.05, 3.63) is 171 Å². The molecule has 4 aromatic carbocycles. The van der Waals surface area contributed by atoms with E-state index in [4.69, 9.17) is 14.0 Å². The number of aromatic nitrogens is 4. The van der Waals surface area contributed by atoms with Gasteiger partial charge in [0.1, 0.15) is 6.61 Å².